The van der Waals surface area contributed by atoms with Crippen LogP contribution in [-0.4, -0.2) is 49.3 Å². The topological polar surface area (TPSA) is 53.9 Å². The molecular formula is C11H21N3O2. The Kier molecular flexibility index (Phi) is 5.85. The molecule has 16 heavy (non-hydrogen) atoms. The molecule has 5 heteroatoms. The largest absolute Gasteiger partial charge is 0.396 e. The Morgan fingerprint density at radius 2 is 2.44 bits per heavy atom. The Balaban J connectivity index is 2.20. The fourth-order valence-corrected chi connectivity index (χ4v) is 1.97. The number of carbonyl (C=O) groups is 1. The van der Waals surface area contributed by atoms with Crippen molar-refractivity contribution in [3.8, 4) is 0 Å². The van der Waals surface area contributed by atoms with Gasteiger partial charge in [0.2, 0.25) is 0 Å². The molecular weight excluding hydrogens is 206 g/mol. The van der Waals surface area contributed by atoms with Crippen LogP contribution >= 0.6 is 0 Å². The zero-order chi connectivity index (χ0) is 11.8. The van der Waals surface area contributed by atoms with Gasteiger partial charge in [-0.1, -0.05) is 12.1 Å². The van der Waals surface area contributed by atoms with Crippen molar-refractivity contribution >= 4 is 12.1 Å². The highest BCUT2D eigenvalue weighted by Gasteiger charge is 2.22. The van der Waals surface area contributed by atoms with E-state index in [-0.39, 0.29) is 5.91 Å². The first kappa shape index (κ1) is 13.0. The van der Waals surface area contributed by atoms with Crippen molar-refractivity contribution in [1.82, 2.24) is 10.2 Å². The molecule has 0 aromatic rings. The van der Waals surface area contributed by atoms with E-state index < -0.39 is 0 Å². The van der Waals surface area contributed by atoms with Gasteiger partial charge in [0, 0.05) is 12.6 Å². The van der Waals surface area contributed by atoms with Gasteiger partial charge in [0.25, 0.3) is 5.91 Å². The lowest BCUT2D eigenvalue weighted by molar-refractivity contribution is -0.114. The Hall–Kier alpha value is -1.10. The first-order chi connectivity index (χ1) is 7.77. The number of amides is 1. The maximum Gasteiger partial charge on any atom is 0.265 e. The van der Waals surface area contributed by atoms with Crippen LogP contribution in [0.3, 0.4) is 0 Å². The summed E-state index contributed by atoms with van der Waals surface area (Å²) in [5.41, 5.74) is 0. The first-order valence-corrected chi connectivity index (χ1v) is 5.95. The van der Waals surface area contributed by atoms with E-state index in [1.54, 1.807) is 0 Å². The summed E-state index contributed by atoms with van der Waals surface area (Å²) in [7, 11) is 0. The maximum absolute atomic E-state index is 11.3. The predicted molar refractivity (Wildman–Crippen MR) is 63.4 cm³/mol. The monoisotopic (exact) mass is 227 g/mol. The summed E-state index contributed by atoms with van der Waals surface area (Å²) in [6.45, 7) is 7.35. The lowest BCUT2D eigenvalue weighted by Gasteiger charge is -2.22. The van der Waals surface area contributed by atoms with E-state index in [9.17, 15) is 4.79 Å². The van der Waals surface area contributed by atoms with Gasteiger partial charge in [-0.15, -0.1) is 0 Å². The smallest absolute Gasteiger partial charge is 0.265 e. The summed E-state index contributed by atoms with van der Waals surface area (Å²) in [6, 6.07) is 0.481. The number of hydrogen-bond acceptors (Lipinski definition) is 4. The average molecular weight is 227 g/mol. The second kappa shape index (κ2) is 7.22. The summed E-state index contributed by atoms with van der Waals surface area (Å²) in [5.74, 6) is -0.184. The molecule has 1 saturated heterocycles. The summed E-state index contributed by atoms with van der Waals surface area (Å²) in [4.78, 5) is 18.4. The van der Waals surface area contributed by atoms with Crippen molar-refractivity contribution < 1.29 is 9.63 Å². The van der Waals surface area contributed by atoms with E-state index in [0.717, 1.165) is 19.5 Å². The van der Waals surface area contributed by atoms with E-state index in [1.165, 1.54) is 12.6 Å². The second-order valence-corrected chi connectivity index (χ2v) is 3.82. The molecule has 0 saturated carbocycles. The van der Waals surface area contributed by atoms with E-state index in [2.05, 4.69) is 22.3 Å². The van der Waals surface area contributed by atoms with Gasteiger partial charge in [-0.05, 0) is 32.9 Å². The third-order valence-corrected chi connectivity index (χ3v) is 2.79. The van der Waals surface area contributed by atoms with Gasteiger partial charge in [-0.25, -0.2) is 0 Å². The number of hydrogen-bond donors (Lipinski definition) is 1. The molecule has 92 valence electrons. The molecule has 1 atom stereocenters. The SMILES string of the molecule is CCO/N=C/C(=O)NC[C@@H]1CCCN1CC. The summed E-state index contributed by atoms with van der Waals surface area (Å²) in [6.07, 6.45) is 3.58. The summed E-state index contributed by atoms with van der Waals surface area (Å²) >= 11 is 0. The Bertz CT molecular complexity index is 243. The number of nitrogens with one attached hydrogen (secondary N) is 1. The zero-order valence-electron chi connectivity index (χ0n) is 10.1. The van der Waals surface area contributed by atoms with E-state index in [0.29, 0.717) is 19.2 Å². The van der Waals surface area contributed by atoms with Gasteiger partial charge in [-0.3, -0.25) is 9.69 Å². The highest BCUT2D eigenvalue weighted by Crippen LogP contribution is 2.15. The third-order valence-electron chi connectivity index (χ3n) is 2.79. The average Bonchev–Trinajstić information content (AvgIpc) is 2.74. The molecule has 5 nitrogen and oxygen atoms in total. The Labute approximate surface area is 96.8 Å². The predicted octanol–water partition coefficient (Wildman–Crippen LogP) is 0.609. The summed E-state index contributed by atoms with van der Waals surface area (Å²) in [5, 5.41) is 6.36. The van der Waals surface area contributed by atoms with E-state index in [1.807, 2.05) is 6.92 Å². The molecule has 1 fully saturated rings. The number of likely N-dealkylation sites (N-methyl/N-ethyl adjacent to an activating group) is 1. The highest BCUT2D eigenvalue weighted by molar-refractivity contribution is 6.26. The minimum Gasteiger partial charge on any atom is -0.396 e. The van der Waals surface area contributed by atoms with Crippen LogP contribution in [0.15, 0.2) is 5.16 Å². The van der Waals surface area contributed by atoms with Crippen LogP contribution in [0.1, 0.15) is 26.7 Å². The normalized spacial score (nSPS) is 21.5. The molecule has 0 aromatic carbocycles. The maximum atomic E-state index is 11.3. The minimum atomic E-state index is -0.184. The van der Waals surface area contributed by atoms with Crippen molar-refractivity contribution in [1.29, 1.82) is 0 Å². The Morgan fingerprint density at radius 1 is 1.62 bits per heavy atom. The number of carbonyl (C=O) groups excluding carboxylic acids is 1. The van der Waals surface area contributed by atoms with Crippen LogP contribution in [0.25, 0.3) is 0 Å². The van der Waals surface area contributed by atoms with Crippen LogP contribution in [0.4, 0.5) is 0 Å². The van der Waals surface area contributed by atoms with Gasteiger partial charge >= 0.3 is 0 Å². The van der Waals surface area contributed by atoms with Gasteiger partial charge in [0.1, 0.15) is 12.8 Å². The van der Waals surface area contributed by atoms with Crippen molar-refractivity contribution in [2.75, 3.05) is 26.2 Å². The number of oxime groups is 1. The Morgan fingerprint density at radius 3 is 3.12 bits per heavy atom. The van der Waals surface area contributed by atoms with Gasteiger partial charge in [0.15, 0.2) is 0 Å². The molecule has 0 unspecified atom stereocenters. The number of likely N-dealkylation sites (tertiary alicyclic amines) is 1. The lowest BCUT2D eigenvalue weighted by atomic mass is 10.2. The van der Waals surface area contributed by atoms with Gasteiger partial charge in [0.05, 0.1) is 0 Å². The first-order valence-electron chi connectivity index (χ1n) is 5.95. The number of rotatable bonds is 6. The third kappa shape index (κ3) is 4.18. The quantitative estimate of drug-likeness (QED) is 0.534. The second-order valence-electron chi connectivity index (χ2n) is 3.82. The molecule has 1 aliphatic rings. The molecule has 1 N–H and O–H groups in total. The molecule has 1 rings (SSSR count). The lowest BCUT2D eigenvalue weighted by Crippen LogP contribution is -2.40. The number of nitrogens with zero attached hydrogens (tertiary/aromatic N) is 2. The summed E-state index contributed by atoms with van der Waals surface area (Å²) < 4.78 is 0. The molecule has 0 bridgehead atoms. The molecule has 1 amide bonds. The molecule has 0 radical (unpaired) electrons. The zero-order valence-corrected chi connectivity index (χ0v) is 10.1. The standard InChI is InChI=1S/C11H21N3O2/c1-3-14-7-5-6-10(14)8-12-11(15)9-13-16-4-2/h9-10H,3-8H2,1-2H3,(H,12,15)/b13-9+/t10-/m0/s1. The van der Waals surface area contributed by atoms with Crippen LogP contribution in [-0.2, 0) is 9.63 Å². The van der Waals surface area contributed by atoms with E-state index in [4.69, 9.17) is 4.84 Å². The molecule has 0 spiro atoms. The van der Waals surface area contributed by atoms with Gasteiger partial charge in [-0.2, -0.15) is 0 Å². The fourth-order valence-electron chi connectivity index (χ4n) is 1.97. The van der Waals surface area contributed by atoms with Crippen LogP contribution in [0.5, 0.6) is 0 Å². The van der Waals surface area contributed by atoms with Crippen LogP contribution in [0, 0.1) is 0 Å². The fraction of sp³-hybridized carbons (Fsp3) is 0.818. The minimum absolute atomic E-state index is 0.184. The van der Waals surface area contributed by atoms with Crippen molar-refractivity contribution in [3.63, 3.8) is 0 Å². The molecule has 0 aliphatic carbocycles. The van der Waals surface area contributed by atoms with Crippen molar-refractivity contribution in [2.45, 2.75) is 32.7 Å². The van der Waals surface area contributed by atoms with Crippen LogP contribution < -0.4 is 5.32 Å². The van der Waals surface area contributed by atoms with Crippen molar-refractivity contribution in [3.05, 3.63) is 0 Å². The molecule has 0 aromatic heterocycles. The van der Waals surface area contributed by atoms with E-state index >= 15 is 0 Å². The van der Waals surface area contributed by atoms with Crippen LogP contribution in [0.2, 0.25) is 0 Å². The molecule has 1 heterocycles. The van der Waals surface area contributed by atoms with Gasteiger partial charge < -0.3 is 10.2 Å². The highest BCUT2D eigenvalue weighted by atomic mass is 16.6. The van der Waals surface area contributed by atoms with Crippen molar-refractivity contribution in [2.24, 2.45) is 5.16 Å². The molecule has 1 aliphatic heterocycles.